The Labute approximate surface area is 150 Å². The molecule has 0 radical (unpaired) electrons. The number of nitrogens with one attached hydrogen (secondary N) is 1. The molecule has 1 unspecified atom stereocenters. The van der Waals surface area contributed by atoms with E-state index >= 15 is 0 Å². The zero-order valence-electron chi connectivity index (χ0n) is 13.9. The van der Waals surface area contributed by atoms with Crippen molar-refractivity contribution in [1.82, 2.24) is 10.2 Å². The van der Waals surface area contributed by atoms with Crippen molar-refractivity contribution in [2.24, 2.45) is 0 Å². The SMILES string of the molecule is O=C1C(NC2(c3ccc(Cl)cc3)CCCCC2)CCN1CC(F)(F)F. The number of likely N-dealkylation sites (tertiary alicyclic amines) is 1. The van der Waals surface area contributed by atoms with Crippen molar-refractivity contribution >= 4 is 17.5 Å². The van der Waals surface area contributed by atoms with E-state index < -0.39 is 24.7 Å². The van der Waals surface area contributed by atoms with Crippen molar-refractivity contribution in [3.63, 3.8) is 0 Å². The molecule has 25 heavy (non-hydrogen) atoms. The van der Waals surface area contributed by atoms with Crippen LogP contribution >= 0.6 is 11.6 Å². The molecule has 0 aromatic heterocycles. The Morgan fingerprint density at radius 1 is 1.16 bits per heavy atom. The number of benzene rings is 1. The number of amides is 1. The number of carbonyl (C=O) groups excluding carboxylic acids is 1. The van der Waals surface area contributed by atoms with Gasteiger partial charge in [-0.05, 0) is 37.0 Å². The largest absolute Gasteiger partial charge is 0.406 e. The minimum Gasteiger partial charge on any atom is -0.332 e. The second-order valence-corrected chi connectivity index (χ2v) is 7.45. The van der Waals surface area contributed by atoms with Crippen molar-refractivity contribution in [3.05, 3.63) is 34.9 Å². The molecule has 3 rings (SSSR count). The highest BCUT2D eigenvalue weighted by Gasteiger charge is 2.43. The molecular weight excluding hydrogens is 353 g/mol. The molecule has 2 aliphatic rings. The van der Waals surface area contributed by atoms with E-state index in [1.165, 1.54) is 0 Å². The summed E-state index contributed by atoms with van der Waals surface area (Å²) in [5.41, 5.74) is 0.691. The van der Waals surface area contributed by atoms with Crippen LogP contribution in [0.4, 0.5) is 13.2 Å². The number of alkyl halides is 3. The molecule has 1 aliphatic heterocycles. The van der Waals surface area contributed by atoms with Crippen LogP contribution in [0, 0.1) is 0 Å². The number of hydrogen-bond acceptors (Lipinski definition) is 2. The summed E-state index contributed by atoms with van der Waals surface area (Å²) >= 11 is 5.98. The van der Waals surface area contributed by atoms with E-state index in [0.29, 0.717) is 11.4 Å². The predicted octanol–water partition coefficient (Wildman–Crippen LogP) is 4.25. The number of nitrogens with zero attached hydrogens (tertiary/aromatic N) is 1. The Balaban J connectivity index is 1.77. The lowest BCUT2D eigenvalue weighted by molar-refractivity contribution is -0.158. The van der Waals surface area contributed by atoms with Crippen LogP contribution in [0.5, 0.6) is 0 Å². The predicted molar refractivity (Wildman–Crippen MR) is 90.4 cm³/mol. The summed E-state index contributed by atoms with van der Waals surface area (Å²) < 4.78 is 37.9. The average Bonchev–Trinajstić information content (AvgIpc) is 2.88. The Hall–Kier alpha value is -1.27. The summed E-state index contributed by atoms with van der Waals surface area (Å²) in [6, 6.07) is 6.99. The highest BCUT2D eigenvalue weighted by Crippen LogP contribution is 2.39. The zero-order valence-corrected chi connectivity index (χ0v) is 14.7. The molecule has 1 aromatic carbocycles. The summed E-state index contributed by atoms with van der Waals surface area (Å²) in [6.45, 7) is -1.02. The molecule has 1 saturated carbocycles. The molecule has 1 heterocycles. The fourth-order valence-corrected chi connectivity index (χ4v) is 4.15. The van der Waals surface area contributed by atoms with Crippen molar-refractivity contribution in [2.45, 2.75) is 56.3 Å². The van der Waals surface area contributed by atoms with Crippen LogP contribution in [0.1, 0.15) is 44.1 Å². The number of hydrogen-bond donors (Lipinski definition) is 1. The van der Waals surface area contributed by atoms with Gasteiger partial charge in [0.15, 0.2) is 0 Å². The van der Waals surface area contributed by atoms with E-state index in [1.807, 2.05) is 24.3 Å². The number of carbonyl (C=O) groups is 1. The van der Waals surface area contributed by atoms with E-state index in [0.717, 1.165) is 42.6 Å². The average molecular weight is 375 g/mol. The fraction of sp³-hybridized carbons (Fsp3) is 0.611. The van der Waals surface area contributed by atoms with Crippen LogP contribution in [-0.2, 0) is 10.3 Å². The van der Waals surface area contributed by atoms with E-state index in [4.69, 9.17) is 11.6 Å². The second-order valence-electron chi connectivity index (χ2n) is 7.01. The van der Waals surface area contributed by atoms with Crippen LogP contribution in [-0.4, -0.2) is 36.1 Å². The Kier molecular flexibility index (Phi) is 5.30. The molecule has 1 saturated heterocycles. The Morgan fingerprint density at radius 2 is 1.80 bits per heavy atom. The quantitative estimate of drug-likeness (QED) is 0.854. The van der Waals surface area contributed by atoms with E-state index in [2.05, 4.69) is 5.32 Å². The van der Waals surface area contributed by atoms with Crippen LogP contribution in [0.2, 0.25) is 5.02 Å². The van der Waals surface area contributed by atoms with Gasteiger partial charge in [-0.15, -0.1) is 0 Å². The third-order valence-electron chi connectivity index (χ3n) is 5.22. The van der Waals surface area contributed by atoms with Gasteiger partial charge in [-0.3, -0.25) is 10.1 Å². The lowest BCUT2D eigenvalue weighted by Crippen LogP contribution is -2.52. The summed E-state index contributed by atoms with van der Waals surface area (Å²) in [4.78, 5) is 13.3. The van der Waals surface area contributed by atoms with Crippen molar-refractivity contribution in [3.8, 4) is 0 Å². The molecule has 3 nitrogen and oxygen atoms in total. The first-order valence-electron chi connectivity index (χ1n) is 8.68. The molecule has 0 spiro atoms. The summed E-state index contributed by atoms with van der Waals surface area (Å²) in [6.07, 6.45) is 0.990. The monoisotopic (exact) mass is 374 g/mol. The molecular formula is C18H22ClF3N2O. The first-order valence-corrected chi connectivity index (χ1v) is 9.06. The van der Waals surface area contributed by atoms with E-state index in [9.17, 15) is 18.0 Å². The number of rotatable bonds is 4. The molecule has 0 bridgehead atoms. The summed E-state index contributed by atoms with van der Waals surface area (Å²) in [5.74, 6) is -0.448. The number of halogens is 4. The van der Waals surface area contributed by atoms with Crippen LogP contribution in [0.15, 0.2) is 24.3 Å². The second kappa shape index (κ2) is 7.16. The smallest absolute Gasteiger partial charge is 0.332 e. The third-order valence-corrected chi connectivity index (χ3v) is 5.47. The molecule has 2 fully saturated rings. The van der Waals surface area contributed by atoms with Gasteiger partial charge in [0.2, 0.25) is 5.91 Å². The van der Waals surface area contributed by atoms with Crippen molar-refractivity contribution < 1.29 is 18.0 Å². The van der Waals surface area contributed by atoms with Crippen molar-refractivity contribution in [1.29, 1.82) is 0 Å². The maximum Gasteiger partial charge on any atom is 0.406 e. The summed E-state index contributed by atoms with van der Waals surface area (Å²) in [7, 11) is 0. The minimum absolute atomic E-state index is 0.146. The first-order chi connectivity index (χ1) is 11.8. The molecule has 1 atom stereocenters. The van der Waals surface area contributed by atoms with Gasteiger partial charge < -0.3 is 4.90 Å². The molecule has 1 aromatic rings. The van der Waals surface area contributed by atoms with Crippen LogP contribution in [0.25, 0.3) is 0 Å². The maximum atomic E-state index is 12.6. The topological polar surface area (TPSA) is 32.3 Å². The molecule has 1 amide bonds. The Morgan fingerprint density at radius 3 is 2.40 bits per heavy atom. The van der Waals surface area contributed by atoms with Gasteiger partial charge >= 0.3 is 6.18 Å². The molecule has 7 heteroatoms. The minimum atomic E-state index is -4.36. The van der Waals surface area contributed by atoms with Gasteiger partial charge in [-0.1, -0.05) is 43.0 Å². The highest BCUT2D eigenvalue weighted by atomic mass is 35.5. The van der Waals surface area contributed by atoms with Gasteiger partial charge in [0, 0.05) is 17.1 Å². The summed E-state index contributed by atoms with van der Waals surface area (Å²) in [5, 5.41) is 4.07. The van der Waals surface area contributed by atoms with Gasteiger partial charge in [0.1, 0.15) is 6.54 Å². The van der Waals surface area contributed by atoms with Gasteiger partial charge in [0.25, 0.3) is 0 Å². The lowest BCUT2D eigenvalue weighted by atomic mass is 9.76. The van der Waals surface area contributed by atoms with Gasteiger partial charge in [0.05, 0.1) is 6.04 Å². The van der Waals surface area contributed by atoms with Gasteiger partial charge in [-0.25, -0.2) is 0 Å². The lowest BCUT2D eigenvalue weighted by Gasteiger charge is -2.40. The zero-order chi connectivity index (χ0) is 18.1. The fourth-order valence-electron chi connectivity index (χ4n) is 4.02. The first kappa shape index (κ1) is 18.5. The van der Waals surface area contributed by atoms with Crippen LogP contribution < -0.4 is 5.32 Å². The van der Waals surface area contributed by atoms with Crippen molar-refractivity contribution in [2.75, 3.05) is 13.1 Å². The maximum absolute atomic E-state index is 12.6. The Bertz CT molecular complexity index is 612. The third kappa shape index (κ3) is 4.29. The highest BCUT2D eigenvalue weighted by molar-refractivity contribution is 6.30. The van der Waals surface area contributed by atoms with E-state index in [-0.39, 0.29) is 12.1 Å². The van der Waals surface area contributed by atoms with E-state index in [1.54, 1.807) is 0 Å². The molecule has 1 aliphatic carbocycles. The molecule has 1 N–H and O–H groups in total. The van der Waals surface area contributed by atoms with Gasteiger partial charge in [-0.2, -0.15) is 13.2 Å². The normalized spacial score (nSPS) is 23.9. The molecule has 138 valence electrons. The standard InChI is InChI=1S/C18H22ClF3N2O/c19-14-6-4-13(5-7-14)17(9-2-1-3-10-17)23-15-8-11-24(16(15)25)12-18(20,21)22/h4-7,15,23H,1-3,8-12H2. The van der Waals surface area contributed by atoms with Crippen LogP contribution in [0.3, 0.4) is 0 Å².